The van der Waals surface area contributed by atoms with Crippen LogP contribution in [-0.4, -0.2) is 21.6 Å². The Labute approximate surface area is 185 Å². The van der Waals surface area contributed by atoms with Crippen molar-refractivity contribution in [2.75, 3.05) is 5.32 Å². The van der Waals surface area contributed by atoms with Crippen molar-refractivity contribution in [2.45, 2.75) is 43.6 Å². The molecule has 1 heterocycles. The predicted molar refractivity (Wildman–Crippen MR) is 120 cm³/mol. The van der Waals surface area contributed by atoms with Crippen LogP contribution >= 0.6 is 11.6 Å². The minimum absolute atomic E-state index is 0.0939. The first kappa shape index (κ1) is 20.4. The van der Waals surface area contributed by atoms with Gasteiger partial charge in [-0.05, 0) is 97.5 Å². The molecular formula is C25H24ClFN2O2. The van der Waals surface area contributed by atoms with E-state index >= 15 is 0 Å². The van der Waals surface area contributed by atoms with Crippen LogP contribution in [0, 0.1) is 17.7 Å². The van der Waals surface area contributed by atoms with Crippen LogP contribution in [0.15, 0.2) is 54.7 Å². The standard InChI is InChI=1S/C25H24ClFN2O2/c26-18-1-4-20(5-2-18)29-24(30)14-25(31)12-16-9-15(10-17(16)13-25)21-7-8-28-23-6-3-19(27)11-22(21)23/h1-8,11,15-17,31H,9-10,12-14H2,(H,29,30)/t15-,16-,17+,25+. The van der Waals surface area contributed by atoms with Crippen molar-refractivity contribution in [1.29, 1.82) is 0 Å². The fourth-order valence-corrected chi connectivity index (χ4v) is 5.83. The summed E-state index contributed by atoms with van der Waals surface area (Å²) in [6, 6.07) is 13.7. The lowest BCUT2D eigenvalue weighted by Crippen LogP contribution is -2.32. The van der Waals surface area contributed by atoms with E-state index in [4.69, 9.17) is 11.6 Å². The number of benzene rings is 2. The van der Waals surface area contributed by atoms with Crippen molar-refractivity contribution in [3.8, 4) is 0 Å². The third kappa shape index (κ3) is 4.17. The number of nitrogens with one attached hydrogen (secondary N) is 1. The molecule has 0 bridgehead atoms. The van der Waals surface area contributed by atoms with Crippen molar-refractivity contribution in [3.05, 3.63) is 71.1 Å². The summed E-state index contributed by atoms with van der Waals surface area (Å²) in [4.78, 5) is 16.9. The maximum absolute atomic E-state index is 13.8. The molecule has 0 spiro atoms. The molecule has 31 heavy (non-hydrogen) atoms. The first-order valence-corrected chi connectivity index (χ1v) is 11.1. The molecular weight excluding hydrogens is 415 g/mol. The molecule has 2 aliphatic carbocycles. The van der Waals surface area contributed by atoms with Crippen LogP contribution in [0.2, 0.25) is 5.02 Å². The number of aliphatic hydroxyl groups is 1. The number of hydrogen-bond acceptors (Lipinski definition) is 3. The number of aromatic nitrogens is 1. The number of anilines is 1. The van der Waals surface area contributed by atoms with Gasteiger partial charge >= 0.3 is 0 Å². The Balaban J connectivity index is 1.25. The third-order valence-electron chi connectivity index (χ3n) is 6.92. The monoisotopic (exact) mass is 438 g/mol. The maximum Gasteiger partial charge on any atom is 0.227 e. The number of amides is 1. The van der Waals surface area contributed by atoms with Crippen LogP contribution in [0.1, 0.15) is 43.6 Å². The Kier molecular flexibility index (Phi) is 5.19. The SMILES string of the molecule is O=C(C[C@]1(O)C[C@H]2C[C@@H](c3ccnc4ccc(F)cc34)C[C@H]2C1)Nc1ccc(Cl)cc1. The van der Waals surface area contributed by atoms with E-state index in [2.05, 4.69) is 10.3 Å². The summed E-state index contributed by atoms with van der Waals surface area (Å²) < 4.78 is 13.8. The second-order valence-electron chi connectivity index (χ2n) is 9.11. The summed E-state index contributed by atoms with van der Waals surface area (Å²) in [7, 11) is 0. The van der Waals surface area contributed by atoms with Crippen LogP contribution in [0.5, 0.6) is 0 Å². The Morgan fingerprint density at radius 1 is 1.13 bits per heavy atom. The van der Waals surface area contributed by atoms with Gasteiger partial charge in [-0.25, -0.2) is 4.39 Å². The predicted octanol–water partition coefficient (Wildman–Crippen LogP) is 5.69. The molecule has 2 aliphatic rings. The molecule has 2 fully saturated rings. The fraction of sp³-hybridized carbons (Fsp3) is 0.360. The minimum Gasteiger partial charge on any atom is -0.389 e. The van der Waals surface area contributed by atoms with Crippen molar-refractivity contribution >= 4 is 34.1 Å². The van der Waals surface area contributed by atoms with E-state index in [-0.39, 0.29) is 18.1 Å². The molecule has 1 amide bonds. The van der Waals surface area contributed by atoms with E-state index in [0.29, 0.717) is 41.3 Å². The van der Waals surface area contributed by atoms with Crippen LogP contribution in [0.4, 0.5) is 10.1 Å². The lowest BCUT2D eigenvalue weighted by molar-refractivity contribution is -0.121. The van der Waals surface area contributed by atoms with Gasteiger partial charge in [0.1, 0.15) is 5.82 Å². The van der Waals surface area contributed by atoms with Gasteiger partial charge in [0.2, 0.25) is 5.91 Å². The largest absolute Gasteiger partial charge is 0.389 e. The van der Waals surface area contributed by atoms with Gasteiger partial charge in [0.15, 0.2) is 0 Å². The zero-order valence-electron chi connectivity index (χ0n) is 17.0. The van der Waals surface area contributed by atoms with Crippen LogP contribution in [0.3, 0.4) is 0 Å². The molecule has 0 saturated heterocycles. The van der Waals surface area contributed by atoms with Gasteiger partial charge in [0, 0.05) is 22.3 Å². The normalized spacial score (nSPS) is 27.4. The molecule has 3 aromatic rings. The highest BCUT2D eigenvalue weighted by atomic mass is 35.5. The van der Waals surface area contributed by atoms with E-state index in [9.17, 15) is 14.3 Å². The zero-order chi connectivity index (χ0) is 21.6. The van der Waals surface area contributed by atoms with Crippen LogP contribution < -0.4 is 5.32 Å². The lowest BCUT2D eigenvalue weighted by atomic mass is 9.87. The van der Waals surface area contributed by atoms with Gasteiger partial charge in [0.25, 0.3) is 0 Å². The Hall–Kier alpha value is -2.50. The number of halogens is 2. The zero-order valence-corrected chi connectivity index (χ0v) is 17.8. The van der Waals surface area contributed by atoms with Gasteiger partial charge in [0.05, 0.1) is 17.5 Å². The van der Waals surface area contributed by atoms with E-state index in [1.54, 1.807) is 42.6 Å². The molecule has 160 valence electrons. The Morgan fingerprint density at radius 2 is 1.84 bits per heavy atom. The number of nitrogens with zero attached hydrogens (tertiary/aromatic N) is 1. The first-order chi connectivity index (χ1) is 14.9. The van der Waals surface area contributed by atoms with Crippen molar-refractivity contribution in [1.82, 2.24) is 4.98 Å². The fourth-order valence-electron chi connectivity index (χ4n) is 5.70. The molecule has 4 nitrogen and oxygen atoms in total. The first-order valence-electron chi connectivity index (χ1n) is 10.7. The van der Waals surface area contributed by atoms with E-state index < -0.39 is 5.60 Å². The van der Waals surface area contributed by atoms with Crippen molar-refractivity contribution < 1.29 is 14.3 Å². The number of carbonyl (C=O) groups excluding carboxylic acids is 1. The molecule has 4 atom stereocenters. The molecule has 2 N–H and O–H groups in total. The van der Waals surface area contributed by atoms with Crippen molar-refractivity contribution in [3.63, 3.8) is 0 Å². The number of pyridine rings is 1. The van der Waals surface area contributed by atoms with E-state index in [0.717, 1.165) is 29.3 Å². The van der Waals surface area contributed by atoms with E-state index in [1.165, 1.54) is 6.07 Å². The molecule has 6 heteroatoms. The summed E-state index contributed by atoms with van der Waals surface area (Å²) in [5, 5.41) is 15.5. The average molecular weight is 439 g/mol. The van der Waals surface area contributed by atoms with Crippen LogP contribution in [-0.2, 0) is 4.79 Å². The quantitative estimate of drug-likeness (QED) is 0.550. The summed E-state index contributed by atoms with van der Waals surface area (Å²) in [5.41, 5.74) is 1.66. The topological polar surface area (TPSA) is 62.2 Å². The summed E-state index contributed by atoms with van der Waals surface area (Å²) in [5.74, 6) is 0.637. The molecule has 2 saturated carbocycles. The average Bonchev–Trinajstić information content (AvgIpc) is 3.23. The highest BCUT2D eigenvalue weighted by molar-refractivity contribution is 6.30. The number of rotatable bonds is 4. The van der Waals surface area contributed by atoms with Crippen molar-refractivity contribution in [2.24, 2.45) is 11.8 Å². The van der Waals surface area contributed by atoms with Gasteiger partial charge < -0.3 is 10.4 Å². The summed E-state index contributed by atoms with van der Waals surface area (Å²) in [6.07, 6.45) is 5.03. The lowest BCUT2D eigenvalue weighted by Gasteiger charge is -2.24. The van der Waals surface area contributed by atoms with Gasteiger partial charge in [-0.1, -0.05) is 11.6 Å². The number of carbonyl (C=O) groups is 1. The van der Waals surface area contributed by atoms with Gasteiger partial charge in [-0.2, -0.15) is 0 Å². The Morgan fingerprint density at radius 3 is 2.55 bits per heavy atom. The molecule has 0 radical (unpaired) electrons. The second-order valence-corrected chi connectivity index (χ2v) is 9.55. The Bertz CT molecular complexity index is 1120. The molecule has 0 unspecified atom stereocenters. The summed E-state index contributed by atoms with van der Waals surface area (Å²) in [6.45, 7) is 0. The summed E-state index contributed by atoms with van der Waals surface area (Å²) >= 11 is 5.88. The molecule has 0 aliphatic heterocycles. The highest BCUT2D eigenvalue weighted by Gasteiger charge is 2.49. The second kappa shape index (κ2) is 7.88. The smallest absolute Gasteiger partial charge is 0.227 e. The van der Waals surface area contributed by atoms with E-state index in [1.807, 2.05) is 6.07 Å². The molecule has 5 rings (SSSR count). The number of fused-ring (bicyclic) bond motifs is 2. The molecule has 1 aromatic heterocycles. The third-order valence-corrected chi connectivity index (χ3v) is 7.17. The minimum atomic E-state index is -0.969. The maximum atomic E-state index is 13.8. The van der Waals surface area contributed by atoms with Gasteiger partial charge in [-0.15, -0.1) is 0 Å². The van der Waals surface area contributed by atoms with Crippen LogP contribution in [0.25, 0.3) is 10.9 Å². The molecule has 2 aromatic carbocycles. The highest BCUT2D eigenvalue weighted by Crippen LogP contribution is 2.55. The van der Waals surface area contributed by atoms with Gasteiger partial charge in [-0.3, -0.25) is 9.78 Å². The number of hydrogen-bond donors (Lipinski definition) is 2.